The number of piperazine rings is 1. The van der Waals surface area contributed by atoms with Crippen LogP contribution in [0.4, 0.5) is 0 Å². The van der Waals surface area contributed by atoms with Crippen LogP contribution in [-0.2, 0) is 32.5 Å². The molecule has 0 saturated carbocycles. The van der Waals surface area contributed by atoms with Crippen molar-refractivity contribution < 1.29 is 22.7 Å². The van der Waals surface area contributed by atoms with Crippen molar-refractivity contribution in [2.75, 3.05) is 26.7 Å². The number of nitrogens with one attached hydrogen (secondary N) is 2. The van der Waals surface area contributed by atoms with Crippen LogP contribution in [0.25, 0.3) is 10.9 Å². The lowest BCUT2D eigenvalue weighted by Gasteiger charge is -2.39. The van der Waals surface area contributed by atoms with Gasteiger partial charge in [0.05, 0.1) is 25.3 Å². The van der Waals surface area contributed by atoms with Crippen LogP contribution in [0.2, 0.25) is 19.6 Å². The number of nitrogens with zero attached hydrogens (tertiary/aromatic N) is 3. The van der Waals surface area contributed by atoms with Gasteiger partial charge in [0, 0.05) is 60.0 Å². The molecule has 1 saturated heterocycles. The van der Waals surface area contributed by atoms with E-state index in [-0.39, 0.29) is 43.0 Å². The highest BCUT2D eigenvalue weighted by atomic mass is 32.2. The van der Waals surface area contributed by atoms with Gasteiger partial charge >= 0.3 is 5.97 Å². The summed E-state index contributed by atoms with van der Waals surface area (Å²) in [6, 6.07) is 6.81. The van der Waals surface area contributed by atoms with E-state index in [1.165, 1.54) is 22.8 Å². The lowest BCUT2D eigenvalue weighted by molar-refractivity contribution is -0.142. The Morgan fingerprint density at radius 2 is 2.00 bits per heavy atom. The second-order valence-corrected chi connectivity index (χ2v) is 19.3. The van der Waals surface area contributed by atoms with Crippen molar-refractivity contribution >= 4 is 52.2 Å². The molecule has 41 heavy (non-hydrogen) atoms. The number of H-pyrrole nitrogens is 1. The van der Waals surface area contributed by atoms with Gasteiger partial charge in [0.15, 0.2) is 5.01 Å². The van der Waals surface area contributed by atoms with Gasteiger partial charge in [-0.25, -0.2) is 13.4 Å². The Morgan fingerprint density at radius 3 is 2.73 bits per heavy atom. The van der Waals surface area contributed by atoms with Crippen LogP contribution in [-0.4, -0.2) is 86.4 Å². The number of thiazole rings is 1. The summed E-state index contributed by atoms with van der Waals surface area (Å²) in [4.78, 5) is 36.1. The maximum atomic E-state index is 13.7. The number of aromatic nitrogens is 2. The molecule has 2 unspecified atom stereocenters. The molecular formula is C28H35N5O5S2Si. The van der Waals surface area contributed by atoms with E-state index in [1.807, 2.05) is 18.2 Å². The molecule has 5 rings (SSSR count). The number of rotatable bonds is 5. The summed E-state index contributed by atoms with van der Waals surface area (Å²) >= 11 is 1.35. The van der Waals surface area contributed by atoms with E-state index in [2.05, 4.69) is 53.3 Å². The number of amides is 1. The molecule has 1 amide bonds. The van der Waals surface area contributed by atoms with Gasteiger partial charge in [0.2, 0.25) is 0 Å². The number of ether oxygens (including phenoxy) is 1. The van der Waals surface area contributed by atoms with Crippen LogP contribution in [0.5, 0.6) is 0 Å². The van der Waals surface area contributed by atoms with Crippen molar-refractivity contribution in [1.29, 1.82) is 0 Å². The second kappa shape index (κ2) is 11.3. The first-order valence-electron chi connectivity index (χ1n) is 13.6. The zero-order chi connectivity index (χ0) is 29.5. The van der Waals surface area contributed by atoms with Gasteiger partial charge in [-0.1, -0.05) is 25.6 Å². The van der Waals surface area contributed by atoms with Crippen LogP contribution in [0.1, 0.15) is 39.3 Å². The average Bonchev–Trinajstić information content (AvgIpc) is 3.55. The van der Waals surface area contributed by atoms with Crippen molar-refractivity contribution in [1.82, 2.24) is 24.5 Å². The highest BCUT2D eigenvalue weighted by Gasteiger charge is 2.39. The van der Waals surface area contributed by atoms with E-state index in [9.17, 15) is 18.0 Å². The maximum absolute atomic E-state index is 13.7. The fourth-order valence-electron chi connectivity index (χ4n) is 5.01. The molecule has 0 bridgehead atoms. The molecule has 0 aliphatic carbocycles. The zero-order valence-corrected chi connectivity index (χ0v) is 26.5. The molecule has 0 spiro atoms. The summed E-state index contributed by atoms with van der Waals surface area (Å²) in [5.41, 5.74) is 5.78. The molecule has 13 heteroatoms. The summed E-state index contributed by atoms with van der Waals surface area (Å²) in [6.45, 7) is 9.44. The van der Waals surface area contributed by atoms with E-state index in [0.717, 1.165) is 27.9 Å². The zero-order valence-electron chi connectivity index (χ0n) is 23.9. The summed E-state index contributed by atoms with van der Waals surface area (Å²) in [5.74, 6) is 2.41. The monoisotopic (exact) mass is 613 g/mol. The first-order chi connectivity index (χ1) is 19.3. The van der Waals surface area contributed by atoms with E-state index in [1.54, 1.807) is 11.0 Å². The maximum Gasteiger partial charge on any atom is 0.307 e. The van der Waals surface area contributed by atoms with Crippen molar-refractivity contribution in [3.8, 4) is 11.5 Å². The topological polar surface area (TPSA) is 125 Å². The molecule has 4 heterocycles. The van der Waals surface area contributed by atoms with Gasteiger partial charge in [-0.3, -0.25) is 9.59 Å². The molecule has 2 aliphatic heterocycles. The summed E-state index contributed by atoms with van der Waals surface area (Å²) in [5, 5.41) is 4.56. The van der Waals surface area contributed by atoms with Gasteiger partial charge in [0.25, 0.3) is 15.9 Å². The SMILES string of the molecule is COC(=O)CC1CN(S(=O)(=O)c2cc3cc(C#C[Si](C)(C)C)ccc3[nH]2)CCN1C(=O)c1nc2c(s1)CNC(C)C2. The minimum atomic E-state index is -3.93. The molecule has 0 radical (unpaired) electrons. The first-order valence-corrected chi connectivity index (χ1v) is 19.4. The van der Waals surface area contributed by atoms with Crippen LogP contribution in [0.15, 0.2) is 29.3 Å². The highest BCUT2D eigenvalue weighted by Crippen LogP contribution is 2.29. The summed E-state index contributed by atoms with van der Waals surface area (Å²) in [7, 11) is -4.21. The molecule has 1 aromatic carbocycles. The molecule has 3 aromatic rings. The van der Waals surface area contributed by atoms with Gasteiger partial charge in [0.1, 0.15) is 13.1 Å². The number of benzene rings is 1. The Morgan fingerprint density at radius 1 is 1.22 bits per heavy atom. The fourth-order valence-corrected chi connectivity index (χ4v) is 8.01. The number of sulfonamides is 1. The van der Waals surface area contributed by atoms with E-state index >= 15 is 0 Å². The third-order valence-electron chi connectivity index (χ3n) is 7.20. The van der Waals surface area contributed by atoms with Crippen LogP contribution < -0.4 is 5.32 Å². The predicted octanol–water partition coefficient (Wildman–Crippen LogP) is 2.97. The van der Waals surface area contributed by atoms with Gasteiger partial charge in [-0.2, -0.15) is 4.31 Å². The second-order valence-electron chi connectivity index (χ2n) is 11.6. The Labute approximate surface area is 245 Å². The van der Waals surface area contributed by atoms with Crippen molar-refractivity contribution in [3.05, 3.63) is 45.4 Å². The molecule has 2 atom stereocenters. The van der Waals surface area contributed by atoms with Crippen LogP contribution in [0.3, 0.4) is 0 Å². The number of esters is 1. The largest absolute Gasteiger partial charge is 0.469 e. The number of hydrogen-bond donors (Lipinski definition) is 2. The molecule has 2 aliphatic rings. The average molecular weight is 614 g/mol. The van der Waals surface area contributed by atoms with Crippen molar-refractivity contribution in [3.63, 3.8) is 0 Å². The lowest BCUT2D eigenvalue weighted by Crippen LogP contribution is -2.57. The van der Waals surface area contributed by atoms with E-state index in [0.29, 0.717) is 17.1 Å². The number of carbonyl (C=O) groups excluding carboxylic acids is 2. The highest BCUT2D eigenvalue weighted by molar-refractivity contribution is 7.89. The molecule has 2 aromatic heterocycles. The smallest absolute Gasteiger partial charge is 0.307 e. The van der Waals surface area contributed by atoms with Gasteiger partial charge in [-0.05, 0) is 31.2 Å². The fraction of sp³-hybridized carbons (Fsp3) is 0.464. The molecule has 2 N–H and O–H groups in total. The van der Waals surface area contributed by atoms with Crippen LogP contribution in [0, 0.1) is 11.5 Å². The lowest BCUT2D eigenvalue weighted by atomic mass is 10.1. The number of fused-ring (bicyclic) bond motifs is 2. The minimum absolute atomic E-state index is 0.0326. The standard InChI is InChI=1S/C28H35N5O5S2Si/c1-18-12-23-24(16-29-18)39-27(31-23)28(35)33-10-9-32(17-21(33)15-26(34)38-2)40(36,37)25-14-20-13-19(6-7-22(20)30-25)8-11-41(3,4)5/h6-7,13-14,18,21,29-30H,9-10,12,15-17H2,1-5H3. The van der Waals surface area contributed by atoms with Gasteiger partial charge < -0.3 is 19.9 Å². The number of aromatic amines is 1. The third kappa shape index (κ3) is 6.41. The Hall–Kier alpha value is -3.02. The van der Waals surface area contributed by atoms with Gasteiger partial charge in [-0.15, -0.1) is 16.9 Å². The number of hydrogen-bond acceptors (Lipinski definition) is 8. The third-order valence-corrected chi connectivity index (χ3v) is 11.0. The van der Waals surface area contributed by atoms with Crippen molar-refractivity contribution in [2.24, 2.45) is 0 Å². The Balaban J connectivity index is 1.38. The van der Waals surface area contributed by atoms with E-state index < -0.39 is 30.1 Å². The molecule has 1 fully saturated rings. The van der Waals surface area contributed by atoms with Crippen LogP contribution >= 0.6 is 11.3 Å². The summed E-state index contributed by atoms with van der Waals surface area (Å²) < 4.78 is 33.7. The Bertz CT molecular complexity index is 1660. The normalized spacial score (nSPS) is 19.9. The minimum Gasteiger partial charge on any atom is -0.469 e. The molecule has 218 valence electrons. The Kier molecular flexibility index (Phi) is 8.15. The first kappa shape index (κ1) is 29.5. The summed E-state index contributed by atoms with van der Waals surface area (Å²) in [6.07, 6.45) is 0.622. The molecule has 10 nitrogen and oxygen atoms in total. The van der Waals surface area contributed by atoms with E-state index in [4.69, 9.17) is 4.74 Å². The van der Waals surface area contributed by atoms with Crippen molar-refractivity contribution in [2.45, 2.75) is 63.1 Å². The quantitative estimate of drug-likeness (QED) is 0.258. The predicted molar refractivity (Wildman–Crippen MR) is 161 cm³/mol. The number of methoxy groups -OCH3 is 1. The molecular weight excluding hydrogens is 579 g/mol. The number of carbonyl (C=O) groups is 2.